The molecule has 0 spiro atoms. The zero-order chi connectivity index (χ0) is 49.9. The Morgan fingerprint density at radius 1 is 0.926 bits per heavy atom. The van der Waals surface area contributed by atoms with Gasteiger partial charge in [0, 0.05) is 52.0 Å². The van der Waals surface area contributed by atoms with E-state index in [-0.39, 0.29) is 43.4 Å². The molecule has 1 aliphatic carbocycles. The number of fused-ring (bicyclic) bond motifs is 3. The van der Waals surface area contributed by atoms with E-state index in [9.17, 15) is 34.5 Å². The molecular formula is C54H79NO13. The van der Waals surface area contributed by atoms with E-state index in [1.807, 2.05) is 69.3 Å². The lowest BCUT2D eigenvalue weighted by Crippen LogP contribution is -2.64. The molecule has 14 unspecified atom stereocenters. The summed E-state index contributed by atoms with van der Waals surface area (Å²) >= 11 is 0. The summed E-state index contributed by atoms with van der Waals surface area (Å²) in [6.07, 6.45) is 9.14. The summed E-state index contributed by atoms with van der Waals surface area (Å²) in [7, 11) is 6.25. The lowest BCUT2D eigenvalue weighted by molar-refractivity contribution is -0.302. The quantitative estimate of drug-likeness (QED) is 0.116. The molecule has 2 bridgehead atoms. The number of aliphatic hydroxyl groups is 3. The second-order valence-corrected chi connectivity index (χ2v) is 20.1. The maximum atomic E-state index is 14.6. The molecule has 378 valence electrons. The summed E-state index contributed by atoms with van der Waals surface area (Å²) in [5, 5.41) is 35.9. The Morgan fingerprint density at radius 2 is 1.62 bits per heavy atom. The van der Waals surface area contributed by atoms with Crippen LogP contribution in [0.25, 0.3) is 6.08 Å². The number of ketones is 2. The Morgan fingerprint density at radius 3 is 2.26 bits per heavy atom. The Balaban J connectivity index is 1.48. The van der Waals surface area contributed by atoms with E-state index in [2.05, 4.69) is 6.58 Å². The molecule has 5 rings (SSSR count). The molecule has 0 aromatic heterocycles. The summed E-state index contributed by atoms with van der Waals surface area (Å²) < 4.78 is 35.6. The Kier molecular flexibility index (Phi) is 19.9. The van der Waals surface area contributed by atoms with Crippen LogP contribution in [0.15, 0.2) is 66.3 Å². The fraction of sp³-hybridized carbons (Fsp3) is 0.667. The third-order valence-electron chi connectivity index (χ3n) is 15.0. The first-order valence-electron chi connectivity index (χ1n) is 24.6. The van der Waals surface area contributed by atoms with Crippen molar-refractivity contribution in [3.8, 4) is 5.75 Å². The number of esters is 1. The molecule has 68 heavy (non-hydrogen) atoms. The predicted octanol–water partition coefficient (Wildman–Crippen LogP) is 7.12. The first-order valence-corrected chi connectivity index (χ1v) is 24.6. The van der Waals surface area contributed by atoms with Gasteiger partial charge < -0.3 is 48.6 Å². The minimum Gasteiger partial charge on any atom is -0.497 e. The van der Waals surface area contributed by atoms with Gasteiger partial charge in [-0.3, -0.25) is 14.4 Å². The number of rotatable bonds is 11. The van der Waals surface area contributed by atoms with E-state index in [0.29, 0.717) is 63.4 Å². The summed E-state index contributed by atoms with van der Waals surface area (Å²) in [5.41, 5.74) is 1.42. The maximum Gasteiger partial charge on any atom is 0.329 e. The number of benzene rings is 1. The Bertz CT molecular complexity index is 1980. The summed E-state index contributed by atoms with van der Waals surface area (Å²) in [4.78, 5) is 58.6. The van der Waals surface area contributed by atoms with Gasteiger partial charge in [0.25, 0.3) is 11.7 Å². The smallest absolute Gasteiger partial charge is 0.329 e. The number of Topliss-reactive ketones (excluding diaryl/α,β-unsaturated/α-hetero) is 2. The summed E-state index contributed by atoms with van der Waals surface area (Å²) in [5.74, 6) is -7.27. The second-order valence-electron chi connectivity index (χ2n) is 20.1. The van der Waals surface area contributed by atoms with Crippen LogP contribution < -0.4 is 4.74 Å². The van der Waals surface area contributed by atoms with E-state index >= 15 is 0 Å². The number of allylic oxidation sites excluding steroid dienone is 4. The van der Waals surface area contributed by atoms with Gasteiger partial charge in [-0.1, -0.05) is 68.9 Å². The molecule has 3 N–H and O–H groups in total. The number of aliphatic hydroxyl groups excluding tert-OH is 1. The van der Waals surface area contributed by atoms with Crippen LogP contribution in [-0.4, -0.2) is 133 Å². The number of nitrogens with zero attached hydrogens (tertiary/aromatic N) is 1. The minimum absolute atomic E-state index is 0.00634. The van der Waals surface area contributed by atoms with Crippen LogP contribution in [0.1, 0.15) is 117 Å². The normalized spacial score (nSPS) is 37.4. The number of methoxy groups -OCH3 is 4. The Hall–Kier alpha value is -4.02. The van der Waals surface area contributed by atoms with Crippen LogP contribution >= 0.6 is 0 Å². The number of carbonyl (C=O) groups is 4. The van der Waals surface area contributed by atoms with E-state index < -0.39 is 89.5 Å². The molecule has 1 amide bonds. The topological polar surface area (TPSA) is 188 Å². The summed E-state index contributed by atoms with van der Waals surface area (Å²) in [6.45, 7) is 13.2. The van der Waals surface area contributed by atoms with Crippen molar-refractivity contribution in [3.63, 3.8) is 0 Å². The van der Waals surface area contributed by atoms with Crippen LogP contribution in [0, 0.1) is 29.6 Å². The molecule has 3 fully saturated rings. The van der Waals surface area contributed by atoms with Gasteiger partial charge in [0.15, 0.2) is 0 Å². The average Bonchev–Trinajstić information content (AvgIpc) is 3.32. The van der Waals surface area contributed by atoms with Crippen molar-refractivity contribution < 1.29 is 62.9 Å². The van der Waals surface area contributed by atoms with Gasteiger partial charge in [-0.05, 0) is 120 Å². The number of hydrogen-bond donors (Lipinski definition) is 3. The maximum absolute atomic E-state index is 14.6. The highest BCUT2D eigenvalue weighted by atomic mass is 16.7. The third-order valence-corrected chi connectivity index (χ3v) is 15.0. The van der Waals surface area contributed by atoms with Gasteiger partial charge in [0.1, 0.15) is 29.8 Å². The van der Waals surface area contributed by atoms with Crippen molar-refractivity contribution in [3.05, 3.63) is 71.9 Å². The molecule has 1 aromatic carbocycles. The van der Waals surface area contributed by atoms with E-state index in [4.69, 9.17) is 28.4 Å². The van der Waals surface area contributed by atoms with Crippen LogP contribution in [0.4, 0.5) is 0 Å². The standard InChI is InChI=1S/C54H79NO13/c1-11-15-40-27-33(2)26-34(3)28-45(64-8)49-46(65-9)30-36(5)54(62,68-49)50(58)51(59)55-25-13-12-17-42(55)52(60)67-48(37(6)43(56)32-44(40)57)35(4)29-39-22-24-53(61,47(31-39)66-10)23-14-16-38-18-20-41(63-7)21-19-38/h11,14,16,18-21,27,29,34,36-37,39-40,42-43,45-49,56,61-62H,1,12-13,15,17,22-26,28,30-32H2,2-10H3/b16-14?,33-27+,35-29?. The SMILES string of the molecule is C=CCC1/C=C(\C)CC(C)CC(OC)C2OC(O)(C(=O)C(=O)N3CCCCC3C(=O)OC(C(C)=CC3CCC(O)(CC=Cc4ccc(OC)cc4)C(OC)C3)C(C)C(O)CC1=O)C(C)CC2OC. The largest absolute Gasteiger partial charge is 0.497 e. The predicted molar refractivity (Wildman–Crippen MR) is 258 cm³/mol. The van der Waals surface area contributed by atoms with Crippen molar-refractivity contribution in [1.82, 2.24) is 4.90 Å². The van der Waals surface area contributed by atoms with Crippen LogP contribution in [-0.2, 0) is 42.9 Å². The number of carbonyl (C=O) groups excluding carboxylic acids is 4. The second kappa shape index (κ2) is 24.7. The molecule has 3 aliphatic heterocycles. The minimum atomic E-state index is -2.53. The average molecular weight is 950 g/mol. The van der Waals surface area contributed by atoms with Crippen molar-refractivity contribution in [2.24, 2.45) is 29.6 Å². The van der Waals surface area contributed by atoms with E-state index in [1.165, 1.54) is 19.1 Å². The number of amides is 1. The first-order chi connectivity index (χ1) is 32.3. The fourth-order valence-corrected chi connectivity index (χ4v) is 10.9. The van der Waals surface area contributed by atoms with Gasteiger partial charge in [-0.15, -0.1) is 6.58 Å². The van der Waals surface area contributed by atoms with Crippen LogP contribution in [0.3, 0.4) is 0 Å². The molecule has 2 saturated heterocycles. The van der Waals surface area contributed by atoms with Crippen molar-refractivity contribution in [2.45, 2.75) is 166 Å². The molecular weight excluding hydrogens is 871 g/mol. The van der Waals surface area contributed by atoms with Crippen LogP contribution in [0.5, 0.6) is 5.75 Å². The van der Waals surface area contributed by atoms with Gasteiger partial charge in [0.05, 0.1) is 37.1 Å². The van der Waals surface area contributed by atoms with Gasteiger partial charge in [-0.2, -0.15) is 0 Å². The molecule has 14 atom stereocenters. The molecule has 3 heterocycles. The van der Waals surface area contributed by atoms with E-state index in [0.717, 1.165) is 16.9 Å². The van der Waals surface area contributed by atoms with Crippen molar-refractivity contribution in [1.29, 1.82) is 0 Å². The van der Waals surface area contributed by atoms with Gasteiger partial charge in [-0.25, -0.2) is 4.79 Å². The number of piperidine rings is 1. The number of ether oxygens (including phenoxy) is 6. The molecule has 1 saturated carbocycles. The lowest BCUT2D eigenvalue weighted by atomic mass is 9.74. The Labute approximate surface area is 404 Å². The molecule has 0 radical (unpaired) electrons. The van der Waals surface area contributed by atoms with Gasteiger partial charge in [0.2, 0.25) is 5.79 Å². The fourth-order valence-electron chi connectivity index (χ4n) is 10.9. The number of cyclic esters (lactones) is 1. The molecule has 14 nitrogen and oxygen atoms in total. The monoisotopic (exact) mass is 950 g/mol. The number of hydrogen-bond acceptors (Lipinski definition) is 13. The molecule has 4 aliphatic rings. The van der Waals surface area contributed by atoms with E-state index in [1.54, 1.807) is 34.1 Å². The molecule has 14 heteroatoms. The zero-order valence-electron chi connectivity index (χ0n) is 41.9. The highest BCUT2D eigenvalue weighted by Gasteiger charge is 2.56. The third kappa shape index (κ3) is 13.2. The first kappa shape index (κ1) is 54.9. The zero-order valence-corrected chi connectivity index (χ0v) is 41.9. The van der Waals surface area contributed by atoms with Crippen molar-refractivity contribution in [2.75, 3.05) is 35.0 Å². The molecule has 1 aromatic rings. The van der Waals surface area contributed by atoms with Crippen molar-refractivity contribution >= 4 is 29.5 Å². The highest BCUT2D eigenvalue weighted by molar-refractivity contribution is 6.39. The summed E-state index contributed by atoms with van der Waals surface area (Å²) in [6, 6.07) is 6.47. The highest BCUT2D eigenvalue weighted by Crippen LogP contribution is 2.41. The lowest BCUT2D eigenvalue weighted by Gasteiger charge is -2.47. The van der Waals surface area contributed by atoms with Crippen LogP contribution in [0.2, 0.25) is 0 Å². The van der Waals surface area contributed by atoms with Gasteiger partial charge >= 0.3 is 5.97 Å².